The molecule has 0 fully saturated rings. The molecule has 0 atom stereocenters. The summed E-state index contributed by atoms with van der Waals surface area (Å²) in [5.74, 6) is 0.0911. The summed E-state index contributed by atoms with van der Waals surface area (Å²) in [6, 6.07) is 0. The molecule has 0 radical (unpaired) electrons. The Kier molecular flexibility index (Phi) is 1.96. The van der Waals surface area contributed by atoms with Gasteiger partial charge in [-0.1, -0.05) is 20.8 Å². The zero-order valence-corrected chi connectivity index (χ0v) is 9.26. The average molecular weight is 208 g/mol. The largest absolute Gasteiger partial charge is 0.297 e. The summed E-state index contributed by atoms with van der Waals surface area (Å²) in [5.41, 5.74) is 0.202. The summed E-state index contributed by atoms with van der Waals surface area (Å²) >= 11 is 1.54. The lowest BCUT2D eigenvalue weighted by molar-refractivity contribution is 0.0853. The van der Waals surface area contributed by atoms with Crippen molar-refractivity contribution >= 4 is 22.1 Å². The van der Waals surface area contributed by atoms with Crippen molar-refractivity contribution in [1.82, 2.24) is 9.38 Å². The Morgan fingerprint density at radius 1 is 1.50 bits per heavy atom. The number of rotatable bonds is 1. The molecular formula is C10H12N2OS. The summed E-state index contributed by atoms with van der Waals surface area (Å²) in [4.78, 5) is 17.0. The average Bonchev–Trinajstić information content (AvgIpc) is 2.58. The molecule has 4 heteroatoms. The number of aromatic nitrogens is 2. The lowest BCUT2D eigenvalue weighted by atomic mass is 9.89. The molecule has 3 nitrogen and oxygen atoms in total. The second-order valence-corrected chi connectivity index (χ2v) is 5.17. The number of thiazole rings is 1. The summed E-state index contributed by atoms with van der Waals surface area (Å²) in [5, 5.41) is 1.95. The van der Waals surface area contributed by atoms with E-state index < -0.39 is 0 Å². The smallest absolute Gasteiger partial charge is 0.194 e. The van der Waals surface area contributed by atoms with Crippen molar-refractivity contribution in [3.8, 4) is 0 Å². The van der Waals surface area contributed by atoms with Crippen LogP contribution in [-0.2, 0) is 0 Å². The first kappa shape index (κ1) is 9.40. The van der Waals surface area contributed by atoms with Gasteiger partial charge < -0.3 is 0 Å². The van der Waals surface area contributed by atoms with E-state index in [0.29, 0.717) is 5.69 Å². The molecule has 0 aliphatic heterocycles. The van der Waals surface area contributed by atoms with E-state index >= 15 is 0 Å². The number of nitrogens with zero attached hydrogens (tertiary/aromatic N) is 2. The number of hydrogen-bond acceptors (Lipinski definition) is 3. The van der Waals surface area contributed by atoms with Gasteiger partial charge in [-0.05, 0) is 0 Å². The summed E-state index contributed by atoms with van der Waals surface area (Å²) in [7, 11) is 0. The van der Waals surface area contributed by atoms with Gasteiger partial charge >= 0.3 is 0 Å². The van der Waals surface area contributed by atoms with E-state index in [1.165, 1.54) is 11.3 Å². The highest BCUT2D eigenvalue weighted by atomic mass is 32.1. The molecule has 2 rings (SSSR count). The van der Waals surface area contributed by atoms with E-state index in [1.54, 1.807) is 6.20 Å². The fraction of sp³-hybridized carbons (Fsp3) is 0.400. The molecule has 74 valence electrons. The molecule has 0 aromatic carbocycles. The second kappa shape index (κ2) is 2.92. The quantitative estimate of drug-likeness (QED) is 0.675. The van der Waals surface area contributed by atoms with Crippen LogP contribution in [0.3, 0.4) is 0 Å². The molecule has 0 saturated carbocycles. The predicted molar refractivity (Wildman–Crippen MR) is 56.9 cm³/mol. The number of Topliss-reactive ketones (excluding diaryl/α,β-unsaturated/α-hetero) is 1. The maximum Gasteiger partial charge on any atom is 0.194 e. The minimum absolute atomic E-state index is 0.0911. The minimum Gasteiger partial charge on any atom is -0.297 e. The van der Waals surface area contributed by atoms with Gasteiger partial charge in [-0.15, -0.1) is 11.3 Å². The van der Waals surface area contributed by atoms with Crippen LogP contribution in [0.15, 0.2) is 17.8 Å². The third-order valence-corrected chi connectivity index (χ3v) is 2.78. The van der Waals surface area contributed by atoms with Crippen LogP contribution in [0.4, 0.5) is 0 Å². The summed E-state index contributed by atoms with van der Waals surface area (Å²) in [6.07, 6.45) is 3.70. The molecule has 14 heavy (non-hydrogen) atoms. The van der Waals surface area contributed by atoms with Gasteiger partial charge in [-0.3, -0.25) is 9.20 Å². The molecule has 0 unspecified atom stereocenters. The van der Waals surface area contributed by atoms with Crippen molar-refractivity contribution in [3.05, 3.63) is 23.5 Å². The molecule has 0 amide bonds. The number of imidazole rings is 1. The Labute approximate surface area is 86.4 Å². The first-order chi connectivity index (χ1) is 6.48. The van der Waals surface area contributed by atoms with Crippen LogP contribution in [0.2, 0.25) is 0 Å². The van der Waals surface area contributed by atoms with Gasteiger partial charge in [0.1, 0.15) is 5.69 Å². The lowest BCUT2D eigenvalue weighted by Gasteiger charge is -2.13. The number of hydrogen-bond donors (Lipinski definition) is 0. The van der Waals surface area contributed by atoms with E-state index in [4.69, 9.17) is 0 Å². The normalized spacial score (nSPS) is 12.2. The molecule has 0 saturated heterocycles. The standard InChI is InChI=1S/C10H12N2OS/c1-10(2,3)8(13)7-6-12-4-5-14-9(12)11-7/h4-6H,1-3H3. The number of ketones is 1. The molecule has 0 aliphatic rings. The SMILES string of the molecule is CC(C)(C)C(=O)c1cn2ccsc2n1. The van der Waals surface area contributed by atoms with Crippen LogP contribution in [0.1, 0.15) is 31.3 Å². The van der Waals surface area contributed by atoms with E-state index in [1.807, 2.05) is 36.7 Å². The van der Waals surface area contributed by atoms with Crippen molar-refractivity contribution in [2.45, 2.75) is 20.8 Å². The second-order valence-electron chi connectivity index (χ2n) is 4.30. The van der Waals surface area contributed by atoms with Gasteiger partial charge in [0, 0.05) is 23.2 Å². The number of carbonyl (C=O) groups excluding carboxylic acids is 1. The van der Waals surface area contributed by atoms with E-state index in [0.717, 1.165) is 4.96 Å². The van der Waals surface area contributed by atoms with Gasteiger partial charge in [0.15, 0.2) is 10.7 Å². The highest BCUT2D eigenvalue weighted by Gasteiger charge is 2.25. The van der Waals surface area contributed by atoms with Crippen molar-refractivity contribution in [2.75, 3.05) is 0 Å². The van der Waals surface area contributed by atoms with Crippen molar-refractivity contribution in [1.29, 1.82) is 0 Å². The van der Waals surface area contributed by atoms with Gasteiger partial charge in [0.25, 0.3) is 0 Å². The fourth-order valence-electron chi connectivity index (χ4n) is 1.22. The molecular weight excluding hydrogens is 196 g/mol. The molecule has 0 spiro atoms. The zero-order chi connectivity index (χ0) is 10.3. The molecule has 2 aromatic heterocycles. The summed E-state index contributed by atoms with van der Waals surface area (Å²) in [6.45, 7) is 5.72. The first-order valence-electron chi connectivity index (χ1n) is 4.45. The highest BCUT2D eigenvalue weighted by molar-refractivity contribution is 7.15. The van der Waals surface area contributed by atoms with Crippen LogP contribution in [0.25, 0.3) is 4.96 Å². The van der Waals surface area contributed by atoms with Crippen LogP contribution < -0.4 is 0 Å². The number of fused-ring (bicyclic) bond motifs is 1. The molecule has 0 aliphatic carbocycles. The van der Waals surface area contributed by atoms with Crippen molar-refractivity contribution < 1.29 is 4.79 Å². The lowest BCUT2D eigenvalue weighted by Crippen LogP contribution is -2.20. The van der Waals surface area contributed by atoms with Crippen LogP contribution in [-0.4, -0.2) is 15.2 Å². The van der Waals surface area contributed by atoms with E-state index in [9.17, 15) is 4.79 Å². The molecule has 0 bridgehead atoms. The Morgan fingerprint density at radius 3 is 2.79 bits per heavy atom. The topological polar surface area (TPSA) is 34.4 Å². The van der Waals surface area contributed by atoms with E-state index in [-0.39, 0.29) is 11.2 Å². The van der Waals surface area contributed by atoms with Crippen molar-refractivity contribution in [2.24, 2.45) is 5.41 Å². The highest BCUT2D eigenvalue weighted by Crippen LogP contribution is 2.21. The van der Waals surface area contributed by atoms with Gasteiger partial charge in [0.2, 0.25) is 0 Å². The van der Waals surface area contributed by atoms with E-state index in [2.05, 4.69) is 4.98 Å². The van der Waals surface area contributed by atoms with Gasteiger partial charge in [-0.25, -0.2) is 4.98 Å². The molecule has 0 N–H and O–H groups in total. The van der Waals surface area contributed by atoms with Crippen molar-refractivity contribution in [3.63, 3.8) is 0 Å². The monoisotopic (exact) mass is 208 g/mol. The van der Waals surface area contributed by atoms with Crippen LogP contribution in [0.5, 0.6) is 0 Å². The zero-order valence-electron chi connectivity index (χ0n) is 8.44. The Balaban J connectivity index is 2.45. The Hall–Kier alpha value is -1.16. The molecule has 2 heterocycles. The minimum atomic E-state index is -0.357. The van der Waals surface area contributed by atoms with Crippen LogP contribution >= 0.6 is 11.3 Å². The Morgan fingerprint density at radius 2 is 2.21 bits per heavy atom. The molecule has 2 aromatic rings. The maximum atomic E-state index is 11.9. The number of carbonyl (C=O) groups is 1. The third-order valence-electron chi connectivity index (χ3n) is 2.01. The van der Waals surface area contributed by atoms with Crippen LogP contribution in [0, 0.1) is 5.41 Å². The first-order valence-corrected chi connectivity index (χ1v) is 5.33. The predicted octanol–water partition coefficient (Wildman–Crippen LogP) is 2.62. The fourth-order valence-corrected chi connectivity index (χ4v) is 1.92. The maximum absolute atomic E-state index is 11.9. The van der Waals surface area contributed by atoms with Gasteiger partial charge in [-0.2, -0.15) is 0 Å². The Bertz CT molecular complexity index is 447. The third kappa shape index (κ3) is 1.46. The van der Waals surface area contributed by atoms with Gasteiger partial charge in [0.05, 0.1) is 0 Å². The summed E-state index contributed by atoms with van der Waals surface area (Å²) < 4.78 is 1.88.